The van der Waals surface area contributed by atoms with Crippen molar-refractivity contribution in [2.45, 2.75) is 6.18 Å². The number of rotatable bonds is 1. The largest absolute Gasteiger partial charge is 0.465 e. The van der Waals surface area contributed by atoms with Crippen LogP contribution in [0.5, 0.6) is 0 Å². The van der Waals surface area contributed by atoms with Crippen LogP contribution in [0.15, 0.2) is 6.07 Å². The molecule has 0 aromatic heterocycles. The highest BCUT2D eigenvalue weighted by atomic mass is 35.5. The molecule has 2 nitrogen and oxygen atoms in total. The van der Waals surface area contributed by atoms with Gasteiger partial charge in [0.1, 0.15) is 0 Å². The van der Waals surface area contributed by atoms with Gasteiger partial charge in [0.2, 0.25) is 0 Å². The molecule has 0 spiro atoms. The molecule has 0 saturated heterocycles. The smallest absolute Gasteiger partial charge is 0.418 e. The summed E-state index contributed by atoms with van der Waals surface area (Å²) < 4.78 is 41.9. The Morgan fingerprint density at radius 1 is 1.44 bits per heavy atom. The molecule has 1 radical (unpaired) electrons. The third kappa shape index (κ3) is 2.59. The van der Waals surface area contributed by atoms with Crippen molar-refractivity contribution < 1.29 is 22.7 Å². The first-order chi connectivity index (χ1) is 7.27. The number of carbonyl (C=O) groups is 1. The number of hydrogen-bond donors (Lipinski definition) is 0. The van der Waals surface area contributed by atoms with E-state index in [0.29, 0.717) is 0 Å². The van der Waals surface area contributed by atoms with E-state index in [9.17, 15) is 18.0 Å². The average Bonchev–Trinajstić information content (AvgIpc) is 2.12. The van der Waals surface area contributed by atoms with Gasteiger partial charge in [-0.3, -0.25) is 0 Å². The van der Waals surface area contributed by atoms with E-state index in [1.807, 2.05) is 0 Å². The van der Waals surface area contributed by atoms with Crippen molar-refractivity contribution in [3.05, 3.63) is 33.3 Å². The van der Waals surface area contributed by atoms with Gasteiger partial charge in [-0.15, -0.1) is 0 Å². The van der Waals surface area contributed by atoms with E-state index in [2.05, 4.69) is 10.8 Å². The minimum atomic E-state index is -4.78. The SMILES string of the molecule is COC(=O)c1[c]c(Cl)cc(Cl)c1C(F)(F)F. The summed E-state index contributed by atoms with van der Waals surface area (Å²) in [6, 6.07) is 2.92. The molecule has 0 aliphatic carbocycles. The van der Waals surface area contributed by atoms with Crippen molar-refractivity contribution in [3.63, 3.8) is 0 Å². The fourth-order valence-corrected chi connectivity index (χ4v) is 1.62. The van der Waals surface area contributed by atoms with Gasteiger partial charge in [0, 0.05) is 6.07 Å². The number of esters is 1. The molecule has 0 heterocycles. The first-order valence-corrected chi connectivity index (χ1v) is 4.59. The van der Waals surface area contributed by atoms with Gasteiger partial charge in [-0.2, -0.15) is 13.2 Å². The predicted molar refractivity (Wildman–Crippen MR) is 51.6 cm³/mol. The molecule has 0 fully saturated rings. The van der Waals surface area contributed by atoms with E-state index in [1.54, 1.807) is 0 Å². The molecule has 0 atom stereocenters. The molecule has 1 rings (SSSR count). The maximum Gasteiger partial charge on any atom is 0.418 e. The fourth-order valence-electron chi connectivity index (χ4n) is 1.05. The van der Waals surface area contributed by atoms with Crippen LogP contribution in [0.3, 0.4) is 0 Å². The molecule has 0 N–H and O–H groups in total. The molecule has 0 bridgehead atoms. The molecule has 1 aromatic rings. The summed E-state index contributed by atoms with van der Waals surface area (Å²) in [5.41, 5.74) is -2.13. The summed E-state index contributed by atoms with van der Waals surface area (Å²) >= 11 is 10.8. The normalized spacial score (nSPS) is 11.4. The maximum atomic E-state index is 12.6. The Bertz CT molecular complexity index is 429. The highest BCUT2D eigenvalue weighted by Gasteiger charge is 2.38. The van der Waals surface area contributed by atoms with Gasteiger partial charge in [0.25, 0.3) is 0 Å². The third-order valence-corrected chi connectivity index (χ3v) is 2.16. The number of benzene rings is 1. The Morgan fingerprint density at radius 3 is 2.44 bits per heavy atom. The quantitative estimate of drug-likeness (QED) is 0.730. The summed E-state index contributed by atoms with van der Waals surface area (Å²) in [6.45, 7) is 0. The molecule has 87 valence electrons. The van der Waals surface area contributed by atoms with Crippen molar-refractivity contribution in [1.29, 1.82) is 0 Å². The van der Waals surface area contributed by atoms with Crippen molar-refractivity contribution >= 4 is 29.2 Å². The number of methoxy groups -OCH3 is 1. The lowest BCUT2D eigenvalue weighted by molar-refractivity contribution is -0.138. The molecule has 7 heteroatoms. The molecule has 16 heavy (non-hydrogen) atoms. The van der Waals surface area contributed by atoms with Gasteiger partial charge in [-0.25, -0.2) is 4.79 Å². The Balaban J connectivity index is 3.51. The van der Waals surface area contributed by atoms with Gasteiger partial charge in [-0.1, -0.05) is 23.2 Å². The molecule has 0 saturated carbocycles. The first-order valence-electron chi connectivity index (χ1n) is 3.84. The third-order valence-electron chi connectivity index (χ3n) is 1.66. The lowest BCUT2D eigenvalue weighted by Crippen LogP contribution is -2.15. The maximum absolute atomic E-state index is 12.6. The Hall–Kier alpha value is -0.940. The molecule has 0 unspecified atom stereocenters. The van der Waals surface area contributed by atoms with Gasteiger partial charge in [0.05, 0.1) is 28.3 Å². The summed E-state index contributed by atoms with van der Waals surface area (Å²) in [4.78, 5) is 11.1. The van der Waals surface area contributed by atoms with Gasteiger partial charge < -0.3 is 4.74 Å². The first kappa shape index (κ1) is 13.1. The van der Waals surface area contributed by atoms with E-state index in [4.69, 9.17) is 23.2 Å². The van der Waals surface area contributed by atoms with Crippen molar-refractivity contribution in [3.8, 4) is 0 Å². The lowest BCUT2D eigenvalue weighted by Gasteiger charge is -2.13. The lowest BCUT2D eigenvalue weighted by atomic mass is 10.1. The van der Waals surface area contributed by atoms with Gasteiger partial charge >= 0.3 is 12.1 Å². The average molecular weight is 272 g/mol. The minimum Gasteiger partial charge on any atom is -0.465 e. The topological polar surface area (TPSA) is 26.3 Å². The summed E-state index contributed by atoms with van der Waals surface area (Å²) in [6.07, 6.45) is -4.78. The van der Waals surface area contributed by atoms with Crippen LogP contribution in [-0.4, -0.2) is 13.1 Å². The van der Waals surface area contributed by atoms with Crippen molar-refractivity contribution in [1.82, 2.24) is 0 Å². The van der Waals surface area contributed by atoms with E-state index in [-0.39, 0.29) is 5.02 Å². The molecule has 1 aromatic carbocycles. The van der Waals surface area contributed by atoms with Gasteiger partial charge in [-0.05, 0) is 6.07 Å². The molecule has 0 aliphatic rings. The summed E-state index contributed by atoms with van der Waals surface area (Å²) in [7, 11) is 0.950. The fraction of sp³-hybridized carbons (Fsp3) is 0.222. The van der Waals surface area contributed by atoms with Crippen LogP contribution in [0, 0.1) is 6.07 Å². The van der Waals surface area contributed by atoms with Crippen LogP contribution in [0.25, 0.3) is 0 Å². The summed E-state index contributed by atoms with van der Waals surface area (Å²) in [5.74, 6) is -1.20. The van der Waals surface area contributed by atoms with Crippen LogP contribution in [0.1, 0.15) is 15.9 Å². The monoisotopic (exact) mass is 271 g/mol. The zero-order valence-corrected chi connectivity index (χ0v) is 9.30. The number of alkyl halides is 3. The Kier molecular flexibility index (Phi) is 3.70. The minimum absolute atomic E-state index is 0.196. The van der Waals surface area contributed by atoms with E-state index in [1.165, 1.54) is 0 Å². The van der Waals surface area contributed by atoms with Crippen LogP contribution in [0.4, 0.5) is 13.2 Å². The molecular weight excluding hydrogens is 268 g/mol. The zero-order valence-electron chi connectivity index (χ0n) is 7.78. The standard InChI is InChI=1S/C9H4Cl2F3O2/c1-16-8(15)5-2-4(10)3-6(11)7(5)9(12,13)14/h3H,1H3. The van der Waals surface area contributed by atoms with E-state index in [0.717, 1.165) is 13.2 Å². The number of carbonyl (C=O) groups excluding carboxylic acids is 1. The van der Waals surface area contributed by atoms with E-state index >= 15 is 0 Å². The molecule has 0 aliphatic heterocycles. The molecule has 0 amide bonds. The Labute approximate surface area is 98.9 Å². The zero-order chi connectivity index (χ0) is 12.5. The number of hydrogen-bond acceptors (Lipinski definition) is 2. The predicted octanol–water partition coefficient (Wildman–Crippen LogP) is 3.60. The Morgan fingerprint density at radius 2 is 2.00 bits per heavy atom. The number of ether oxygens (including phenoxy) is 1. The van der Waals surface area contributed by atoms with Crippen LogP contribution < -0.4 is 0 Å². The van der Waals surface area contributed by atoms with Crippen molar-refractivity contribution in [2.75, 3.05) is 7.11 Å². The van der Waals surface area contributed by atoms with E-state index < -0.39 is 28.3 Å². The second kappa shape index (κ2) is 4.51. The highest BCUT2D eigenvalue weighted by Crippen LogP contribution is 2.38. The molecular formula is C9H4Cl2F3O2. The summed E-state index contributed by atoms with van der Waals surface area (Å²) in [5, 5.41) is -0.866. The second-order valence-corrected chi connectivity index (χ2v) is 3.52. The van der Waals surface area contributed by atoms with Crippen LogP contribution >= 0.6 is 23.2 Å². The van der Waals surface area contributed by atoms with Gasteiger partial charge in [0.15, 0.2) is 0 Å². The second-order valence-electron chi connectivity index (χ2n) is 2.70. The van der Waals surface area contributed by atoms with Crippen LogP contribution in [0.2, 0.25) is 10.0 Å². The van der Waals surface area contributed by atoms with Crippen LogP contribution in [-0.2, 0) is 10.9 Å². The number of halogens is 5. The van der Waals surface area contributed by atoms with Crippen molar-refractivity contribution in [2.24, 2.45) is 0 Å². The highest BCUT2D eigenvalue weighted by molar-refractivity contribution is 6.35.